The number of carbonyl (C=O) groups is 2. The zero-order valence-electron chi connectivity index (χ0n) is 13.0. The molecule has 0 fully saturated rings. The van der Waals surface area contributed by atoms with Crippen molar-refractivity contribution in [1.29, 1.82) is 0 Å². The van der Waals surface area contributed by atoms with Gasteiger partial charge in [-0.15, -0.1) is 0 Å². The number of ether oxygens (including phenoxy) is 2. The number of alkyl halides is 2. The summed E-state index contributed by atoms with van der Waals surface area (Å²) in [6.45, 7) is -3.69. The Kier molecular flexibility index (Phi) is 5.32. The normalized spacial score (nSPS) is 10.7. The van der Waals surface area contributed by atoms with Gasteiger partial charge in [-0.1, -0.05) is 18.2 Å². The Morgan fingerprint density at radius 2 is 1.92 bits per heavy atom. The van der Waals surface area contributed by atoms with Crippen LogP contribution in [0, 0.1) is 0 Å². The first kappa shape index (κ1) is 17.7. The third-order valence-corrected chi connectivity index (χ3v) is 3.76. The molecular formula is C16H11F2N3O4S. The zero-order valence-corrected chi connectivity index (χ0v) is 13.8. The van der Waals surface area contributed by atoms with Gasteiger partial charge in [0.1, 0.15) is 22.3 Å². The topological polar surface area (TPSA) is 90.4 Å². The van der Waals surface area contributed by atoms with Gasteiger partial charge < -0.3 is 14.8 Å². The van der Waals surface area contributed by atoms with Crippen LogP contribution in [0.25, 0.3) is 11.0 Å². The van der Waals surface area contributed by atoms with Crippen molar-refractivity contribution in [1.82, 2.24) is 8.75 Å². The Hall–Kier alpha value is -3.14. The summed E-state index contributed by atoms with van der Waals surface area (Å²) in [7, 11) is 0. The summed E-state index contributed by atoms with van der Waals surface area (Å²) in [5.41, 5.74) is 1.38. The number of nitrogens with one attached hydrogen (secondary N) is 1. The van der Waals surface area contributed by atoms with E-state index < -0.39 is 25.1 Å². The average molecular weight is 379 g/mol. The third kappa shape index (κ3) is 4.09. The highest BCUT2D eigenvalue weighted by atomic mass is 32.1. The fourth-order valence-electron chi connectivity index (χ4n) is 2.14. The lowest BCUT2D eigenvalue weighted by atomic mass is 10.2. The van der Waals surface area contributed by atoms with Crippen LogP contribution in [-0.4, -0.2) is 33.8 Å². The quantitative estimate of drug-likeness (QED) is 0.662. The highest BCUT2D eigenvalue weighted by Crippen LogP contribution is 2.22. The Morgan fingerprint density at radius 3 is 2.73 bits per heavy atom. The molecule has 0 aliphatic heterocycles. The number of esters is 1. The van der Waals surface area contributed by atoms with Crippen LogP contribution in [0.15, 0.2) is 42.5 Å². The van der Waals surface area contributed by atoms with E-state index in [2.05, 4.69) is 18.8 Å². The lowest BCUT2D eigenvalue weighted by molar-refractivity contribution is -0.119. The summed E-state index contributed by atoms with van der Waals surface area (Å²) in [6.07, 6.45) is 0. The van der Waals surface area contributed by atoms with Gasteiger partial charge >= 0.3 is 12.6 Å². The molecule has 0 atom stereocenters. The van der Waals surface area contributed by atoms with E-state index in [4.69, 9.17) is 4.74 Å². The number of rotatable bonds is 6. The standard InChI is InChI=1S/C16H11F2N3O4S/c17-16(18)25-12-7-2-1-4-9(12)15(23)24-8-13(22)19-10-5-3-6-11-14(10)21-26-20-11/h1-7,16H,8H2,(H,19,22). The van der Waals surface area contributed by atoms with Crippen LogP contribution < -0.4 is 10.1 Å². The number of fused-ring (bicyclic) bond motifs is 1. The van der Waals surface area contributed by atoms with E-state index in [-0.39, 0.29) is 11.3 Å². The first-order chi connectivity index (χ1) is 12.5. The van der Waals surface area contributed by atoms with Crippen molar-refractivity contribution < 1.29 is 27.8 Å². The number of benzene rings is 2. The molecule has 0 unspecified atom stereocenters. The van der Waals surface area contributed by atoms with Gasteiger partial charge in [0.25, 0.3) is 5.91 Å². The molecule has 134 valence electrons. The summed E-state index contributed by atoms with van der Waals surface area (Å²) in [5.74, 6) is -1.89. The van der Waals surface area contributed by atoms with E-state index in [1.165, 1.54) is 24.3 Å². The SMILES string of the molecule is O=C(COC(=O)c1ccccc1OC(F)F)Nc1cccc2nsnc12. The van der Waals surface area contributed by atoms with Gasteiger partial charge in [-0.05, 0) is 24.3 Å². The molecular weight excluding hydrogens is 368 g/mol. The molecule has 7 nitrogen and oxygen atoms in total. The maximum atomic E-state index is 12.4. The highest BCUT2D eigenvalue weighted by Gasteiger charge is 2.18. The van der Waals surface area contributed by atoms with Crippen LogP contribution in [0.2, 0.25) is 0 Å². The number of hydrogen-bond donors (Lipinski definition) is 1. The molecule has 0 spiro atoms. The van der Waals surface area contributed by atoms with Crippen LogP contribution >= 0.6 is 11.7 Å². The molecule has 0 radical (unpaired) electrons. The molecule has 0 aliphatic rings. The predicted octanol–water partition coefficient (Wildman–Crippen LogP) is 3.09. The molecule has 0 saturated heterocycles. The summed E-state index contributed by atoms with van der Waals surface area (Å²) in [5, 5.41) is 2.56. The lowest BCUT2D eigenvalue weighted by Gasteiger charge is -2.10. The van der Waals surface area contributed by atoms with Crippen molar-refractivity contribution in [2.75, 3.05) is 11.9 Å². The van der Waals surface area contributed by atoms with E-state index in [1.807, 2.05) is 0 Å². The number of hydrogen-bond acceptors (Lipinski definition) is 7. The summed E-state index contributed by atoms with van der Waals surface area (Å²) in [4.78, 5) is 24.0. The van der Waals surface area contributed by atoms with Crippen molar-refractivity contribution in [3.05, 3.63) is 48.0 Å². The molecule has 1 aromatic heterocycles. The van der Waals surface area contributed by atoms with Gasteiger partial charge in [0.15, 0.2) is 6.61 Å². The number of para-hydroxylation sites is 1. The predicted molar refractivity (Wildman–Crippen MR) is 89.4 cm³/mol. The Balaban J connectivity index is 1.63. The van der Waals surface area contributed by atoms with Crippen molar-refractivity contribution in [3.63, 3.8) is 0 Å². The van der Waals surface area contributed by atoms with Crippen molar-refractivity contribution in [3.8, 4) is 5.75 Å². The van der Waals surface area contributed by atoms with Crippen molar-refractivity contribution in [2.45, 2.75) is 6.61 Å². The third-order valence-electron chi connectivity index (χ3n) is 3.22. The van der Waals surface area contributed by atoms with E-state index in [0.29, 0.717) is 16.7 Å². The maximum Gasteiger partial charge on any atom is 0.387 e. The smallest absolute Gasteiger partial charge is 0.387 e. The van der Waals surface area contributed by atoms with Crippen molar-refractivity contribution >= 4 is 40.3 Å². The number of amides is 1. The van der Waals surface area contributed by atoms with Gasteiger partial charge in [-0.3, -0.25) is 4.79 Å². The van der Waals surface area contributed by atoms with Crippen LogP contribution in [0.5, 0.6) is 5.75 Å². The first-order valence-electron chi connectivity index (χ1n) is 7.26. The second kappa shape index (κ2) is 7.83. The number of nitrogens with zero attached hydrogens (tertiary/aromatic N) is 2. The minimum absolute atomic E-state index is 0.202. The average Bonchev–Trinajstić information content (AvgIpc) is 3.09. The van der Waals surface area contributed by atoms with E-state index >= 15 is 0 Å². The summed E-state index contributed by atoms with van der Waals surface area (Å²) >= 11 is 1.00. The van der Waals surface area contributed by atoms with Crippen LogP contribution in [0.4, 0.5) is 14.5 Å². The van der Waals surface area contributed by atoms with Gasteiger partial charge in [-0.25, -0.2) is 4.79 Å². The van der Waals surface area contributed by atoms with Crippen LogP contribution in [0.1, 0.15) is 10.4 Å². The van der Waals surface area contributed by atoms with Gasteiger partial charge in [-0.2, -0.15) is 17.5 Å². The number of aromatic nitrogens is 2. The largest absolute Gasteiger partial charge is 0.452 e. The molecule has 0 bridgehead atoms. The summed E-state index contributed by atoms with van der Waals surface area (Å²) < 4.78 is 42.0. The summed E-state index contributed by atoms with van der Waals surface area (Å²) in [6, 6.07) is 10.4. The molecule has 3 aromatic rings. The monoisotopic (exact) mass is 379 g/mol. The molecule has 3 rings (SSSR count). The van der Waals surface area contributed by atoms with Crippen molar-refractivity contribution in [2.24, 2.45) is 0 Å². The molecule has 1 heterocycles. The highest BCUT2D eigenvalue weighted by molar-refractivity contribution is 7.00. The maximum absolute atomic E-state index is 12.4. The van der Waals surface area contributed by atoms with Gasteiger partial charge in [0.2, 0.25) is 0 Å². The molecule has 2 aromatic carbocycles. The van der Waals surface area contributed by atoms with Crippen LogP contribution in [0.3, 0.4) is 0 Å². The Bertz CT molecular complexity index is 948. The van der Waals surface area contributed by atoms with E-state index in [9.17, 15) is 18.4 Å². The number of anilines is 1. The fraction of sp³-hybridized carbons (Fsp3) is 0.125. The second-order valence-electron chi connectivity index (χ2n) is 4.94. The van der Waals surface area contributed by atoms with Gasteiger partial charge in [0, 0.05) is 0 Å². The minimum atomic E-state index is -3.08. The minimum Gasteiger partial charge on any atom is -0.452 e. The Morgan fingerprint density at radius 1 is 1.12 bits per heavy atom. The lowest BCUT2D eigenvalue weighted by Crippen LogP contribution is -2.21. The van der Waals surface area contributed by atoms with E-state index in [0.717, 1.165) is 11.7 Å². The fourth-order valence-corrected chi connectivity index (χ4v) is 2.69. The Labute approximate surface area is 149 Å². The second-order valence-corrected chi connectivity index (χ2v) is 5.46. The zero-order chi connectivity index (χ0) is 18.5. The number of carbonyl (C=O) groups excluding carboxylic acids is 2. The first-order valence-corrected chi connectivity index (χ1v) is 7.99. The van der Waals surface area contributed by atoms with Crippen LogP contribution in [-0.2, 0) is 9.53 Å². The molecule has 1 amide bonds. The molecule has 1 N–H and O–H groups in total. The molecule has 0 aliphatic carbocycles. The van der Waals surface area contributed by atoms with E-state index in [1.54, 1.807) is 18.2 Å². The molecule has 26 heavy (non-hydrogen) atoms. The van der Waals surface area contributed by atoms with Gasteiger partial charge in [0.05, 0.1) is 17.4 Å². The molecule has 0 saturated carbocycles. The number of halogens is 2. The molecule has 10 heteroatoms.